The molecule has 2 aromatic rings. The average molecular weight is 204 g/mol. The Morgan fingerprint density at radius 1 is 1.33 bits per heavy atom. The van der Waals surface area contributed by atoms with Crippen LogP contribution in [-0.2, 0) is 6.42 Å². The molecule has 0 saturated heterocycles. The van der Waals surface area contributed by atoms with E-state index in [0.717, 1.165) is 24.4 Å². The monoisotopic (exact) mass is 204 g/mol. The van der Waals surface area contributed by atoms with Gasteiger partial charge in [0.25, 0.3) is 0 Å². The lowest BCUT2D eigenvalue weighted by molar-refractivity contribution is 0.409. The second kappa shape index (κ2) is 3.98. The molecular weight excluding hydrogens is 188 g/mol. The first-order chi connectivity index (χ1) is 7.15. The van der Waals surface area contributed by atoms with Crippen molar-refractivity contribution >= 4 is 5.65 Å². The Morgan fingerprint density at radius 3 is 2.87 bits per heavy atom. The second-order valence-electron chi connectivity index (χ2n) is 4.09. The summed E-state index contributed by atoms with van der Waals surface area (Å²) >= 11 is 0. The van der Waals surface area contributed by atoms with Gasteiger partial charge in [-0.2, -0.15) is 5.10 Å². The van der Waals surface area contributed by atoms with Gasteiger partial charge in [-0.3, -0.25) is 0 Å². The van der Waals surface area contributed by atoms with Crippen LogP contribution in [0.3, 0.4) is 0 Å². The summed E-state index contributed by atoms with van der Waals surface area (Å²) in [6.45, 7) is 3.04. The topological polar surface area (TPSA) is 33.4 Å². The predicted octanol–water partition coefficient (Wildman–Crippen LogP) is 1.14. The number of likely N-dealkylation sites (N-methyl/N-ethyl adjacent to an activating group) is 1. The van der Waals surface area contributed by atoms with Crippen LogP contribution < -0.4 is 0 Å². The van der Waals surface area contributed by atoms with Crippen molar-refractivity contribution < 1.29 is 0 Å². The number of aromatic nitrogens is 3. The Balaban J connectivity index is 2.23. The Morgan fingerprint density at radius 2 is 2.13 bits per heavy atom. The van der Waals surface area contributed by atoms with Crippen LogP contribution in [0.2, 0.25) is 0 Å². The molecule has 0 aromatic carbocycles. The molecule has 0 bridgehead atoms. The summed E-state index contributed by atoms with van der Waals surface area (Å²) in [6, 6.07) is 4.06. The Bertz CT molecular complexity index is 459. The second-order valence-corrected chi connectivity index (χ2v) is 4.09. The van der Waals surface area contributed by atoms with Crippen LogP contribution in [0.15, 0.2) is 18.3 Å². The molecule has 0 amide bonds. The van der Waals surface area contributed by atoms with Crippen molar-refractivity contribution in [2.24, 2.45) is 0 Å². The van der Waals surface area contributed by atoms with E-state index in [2.05, 4.69) is 42.1 Å². The maximum atomic E-state index is 4.45. The smallest absolute Gasteiger partial charge is 0.155 e. The third kappa shape index (κ3) is 2.33. The molecule has 0 radical (unpaired) electrons. The van der Waals surface area contributed by atoms with Gasteiger partial charge in [0.1, 0.15) is 0 Å². The average Bonchev–Trinajstić information content (AvgIpc) is 2.56. The lowest BCUT2D eigenvalue weighted by atomic mass is 10.3. The molecule has 4 nitrogen and oxygen atoms in total. The number of hydrogen-bond acceptors (Lipinski definition) is 3. The van der Waals surface area contributed by atoms with Crippen LogP contribution in [0, 0.1) is 6.92 Å². The van der Waals surface area contributed by atoms with Crippen molar-refractivity contribution in [2.45, 2.75) is 13.3 Å². The van der Waals surface area contributed by atoms with Crippen LogP contribution in [0.4, 0.5) is 0 Å². The van der Waals surface area contributed by atoms with Gasteiger partial charge in [0, 0.05) is 19.2 Å². The quantitative estimate of drug-likeness (QED) is 0.751. The van der Waals surface area contributed by atoms with E-state index in [1.807, 2.05) is 16.8 Å². The summed E-state index contributed by atoms with van der Waals surface area (Å²) < 4.78 is 1.85. The van der Waals surface area contributed by atoms with Crippen molar-refractivity contribution in [1.82, 2.24) is 19.5 Å². The maximum Gasteiger partial charge on any atom is 0.155 e. The number of fused-ring (bicyclic) bond motifs is 1. The number of hydrogen-bond donors (Lipinski definition) is 0. The van der Waals surface area contributed by atoms with E-state index >= 15 is 0 Å². The Labute approximate surface area is 89.5 Å². The third-order valence-electron chi connectivity index (χ3n) is 2.31. The lowest BCUT2D eigenvalue weighted by Gasteiger charge is -2.05. The highest BCUT2D eigenvalue weighted by Gasteiger charge is 2.03. The van der Waals surface area contributed by atoms with Gasteiger partial charge < -0.3 is 4.90 Å². The van der Waals surface area contributed by atoms with Gasteiger partial charge in [0.15, 0.2) is 11.5 Å². The highest BCUT2D eigenvalue weighted by Crippen LogP contribution is 2.04. The summed E-state index contributed by atoms with van der Waals surface area (Å²) in [5, 5.41) is 4.42. The van der Waals surface area contributed by atoms with Crippen LogP contribution in [-0.4, -0.2) is 40.1 Å². The molecule has 0 fully saturated rings. The van der Waals surface area contributed by atoms with Gasteiger partial charge in [-0.1, -0.05) is 6.07 Å². The highest BCUT2D eigenvalue weighted by molar-refractivity contribution is 5.38. The minimum atomic E-state index is 0.897. The molecule has 2 aromatic heterocycles. The minimum Gasteiger partial charge on any atom is -0.309 e. The molecule has 4 heteroatoms. The number of rotatable bonds is 3. The third-order valence-corrected chi connectivity index (χ3v) is 2.31. The summed E-state index contributed by atoms with van der Waals surface area (Å²) in [7, 11) is 4.11. The molecule has 0 saturated carbocycles. The first kappa shape index (κ1) is 10.1. The first-order valence-electron chi connectivity index (χ1n) is 5.12. The summed E-state index contributed by atoms with van der Waals surface area (Å²) in [6.07, 6.45) is 2.90. The molecule has 0 N–H and O–H groups in total. The van der Waals surface area contributed by atoms with E-state index < -0.39 is 0 Å². The zero-order valence-electron chi connectivity index (χ0n) is 9.44. The molecule has 0 unspecified atom stereocenters. The van der Waals surface area contributed by atoms with Crippen LogP contribution in [0.1, 0.15) is 11.4 Å². The predicted molar refractivity (Wildman–Crippen MR) is 60.0 cm³/mol. The highest BCUT2D eigenvalue weighted by atomic mass is 15.3. The van der Waals surface area contributed by atoms with E-state index in [9.17, 15) is 0 Å². The van der Waals surface area contributed by atoms with E-state index in [1.165, 1.54) is 5.56 Å². The normalized spacial score (nSPS) is 11.5. The van der Waals surface area contributed by atoms with E-state index in [-0.39, 0.29) is 0 Å². The molecule has 15 heavy (non-hydrogen) atoms. The largest absolute Gasteiger partial charge is 0.309 e. The van der Waals surface area contributed by atoms with Crippen LogP contribution in [0.25, 0.3) is 5.65 Å². The summed E-state index contributed by atoms with van der Waals surface area (Å²) in [5.74, 6) is 0.911. The standard InChI is InChI=1S/C11H16N4/c1-9-4-5-11-12-10(6-7-14(2)3)13-15(11)8-9/h4-5,8H,6-7H2,1-3H3. The number of aryl methyl sites for hydroxylation is 1. The van der Waals surface area contributed by atoms with E-state index in [0.29, 0.717) is 0 Å². The van der Waals surface area contributed by atoms with E-state index in [1.54, 1.807) is 0 Å². The minimum absolute atomic E-state index is 0.897. The molecule has 2 heterocycles. The summed E-state index contributed by atoms with van der Waals surface area (Å²) in [5.41, 5.74) is 2.13. The van der Waals surface area contributed by atoms with Crippen molar-refractivity contribution in [3.05, 3.63) is 29.7 Å². The van der Waals surface area contributed by atoms with Crippen molar-refractivity contribution in [3.8, 4) is 0 Å². The van der Waals surface area contributed by atoms with Crippen molar-refractivity contribution in [1.29, 1.82) is 0 Å². The molecule has 0 aliphatic carbocycles. The molecule has 0 aliphatic rings. The van der Waals surface area contributed by atoms with Gasteiger partial charge in [0.2, 0.25) is 0 Å². The SMILES string of the molecule is Cc1ccc2nc(CCN(C)C)nn2c1. The number of pyridine rings is 1. The zero-order valence-corrected chi connectivity index (χ0v) is 9.44. The van der Waals surface area contributed by atoms with Gasteiger partial charge in [-0.25, -0.2) is 9.50 Å². The van der Waals surface area contributed by atoms with Crippen molar-refractivity contribution in [3.63, 3.8) is 0 Å². The molecule has 0 spiro atoms. The van der Waals surface area contributed by atoms with Crippen LogP contribution >= 0.6 is 0 Å². The van der Waals surface area contributed by atoms with Gasteiger partial charge in [-0.15, -0.1) is 0 Å². The number of nitrogens with zero attached hydrogens (tertiary/aromatic N) is 4. The van der Waals surface area contributed by atoms with Gasteiger partial charge >= 0.3 is 0 Å². The van der Waals surface area contributed by atoms with Crippen molar-refractivity contribution in [2.75, 3.05) is 20.6 Å². The lowest BCUT2D eigenvalue weighted by Crippen LogP contribution is -2.15. The zero-order chi connectivity index (χ0) is 10.8. The first-order valence-corrected chi connectivity index (χ1v) is 5.12. The van der Waals surface area contributed by atoms with Crippen LogP contribution in [0.5, 0.6) is 0 Å². The van der Waals surface area contributed by atoms with Gasteiger partial charge in [-0.05, 0) is 32.6 Å². The van der Waals surface area contributed by atoms with E-state index in [4.69, 9.17) is 0 Å². The summed E-state index contributed by atoms with van der Waals surface area (Å²) in [4.78, 5) is 6.59. The molecule has 0 aliphatic heterocycles. The fourth-order valence-corrected chi connectivity index (χ4v) is 1.46. The Hall–Kier alpha value is -1.42. The molecular formula is C11H16N4. The molecule has 2 rings (SSSR count). The molecule has 0 atom stereocenters. The van der Waals surface area contributed by atoms with Gasteiger partial charge in [0.05, 0.1) is 0 Å². The fourth-order valence-electron chi connectivity index (χ4n) is 1.46. The Kier molecular flexibility index (Phi) is 2.68. The molecule has 80 valence electrons. The maximum absolute atomic E-state index is 4.45. The fraction of sp³-hybridized carbons (Fsp3) is 0.455.